The fourth-order valence-electron chi connectivity index (χ4n) is 3.59. The van der Waals surface area contributed by atoms with E-state index < -0.39 is 17.7 Å². The van der Waals surface area contributed by atoms with E-state index in [4.69, 9.17) is 14.6 Å². The number of piperidine rings is 1. The monoisotopic (exact) mass is 337 g/mol. The number of hydrogen-bond donors (Lipinski definition) is 1. The van der Waals surface area contributed by atoms with Gasteiger partial charge in [-0.2, -0.15) is 0 Å². The SMILES string of the molecule is COc1cc(F)c(C(=O)N2CCC3(CC2)CC3C(=O)O)cc1OC. The predicted octanol–water partition coefficient (Wildman–Crippen LogP) is 2.17. The highest BCUT2D eigenvalue weighted by atomic mass is 19.1. The molecule has 1 aromatic carbocycles. The van der Waals surface area contributed by atoms with Gasteiger partial charge in [-0.15, -0.1) is 0 Å². The smallest absolute Gasteiger partial charge is 0.307 e. The fourth-order valence-corrected chi connectivity index (χ4v) is 3.59. The van der Waals surface area contributed by atoms with Crippen LogP contribution in [0.5, 0.6) is 11.5 Å². The lowest BCUT2D eigenvalue weighted by atomic mass is 9.90. The van der Waals surface area contributed by atoms with Crippen molar-refractivity contribution in [1.82, 2.24) is 4.90 Å². The van der Waals surface area contributed by atoms with Gasteiger partial charge in [0.2, 0.25) is 0 Å². The number of rotatable bonds is 4. The number of carbonyl (C=O) groups is 2. The van der Waals surface area contributed by atoms with Crippen molar-refractivity contribution in [2.75, 3.05) is 27.3 Å². The zero-order valence-electron chi connectivity index (χ0n) is 13.7. The highest BCUT2D eigenvalue weighted by molar-refractivity contribution is 5.95. The Morgan fingerprint density at radius 1 is 1.21 bits per heavy atom. The van der Waals surface area contributed by atoms with E-state index >= 15 is 0 Å². The van der Waals surface area contributed by atoms with Gasteiger partial charge in [0.25, 0.3) is 5.91 Å². The van der Waals surface area contributed by atoms with Crippen LogP contribution in [-0.4, -0.2) is 49.2 Å². The lowest BCUT2D eigenvalue weighted by Gasteiger charge is -2.32. The van der Waals surface area contributed by atoms with Crippen molar-refractivity contribution in [3.8, 4) is 11.5 Å². The number of methoxy groups -OCH3 is 2. The van der Waals surface area contributed by atoms with Crippen molar-refractivity contribution in [2.24, 2.45) is 11.3 Å². The summed E-state index contributed by atoms with van der Waals surface area (Å²) in [5, 5.41) is 9.11. The Kier molecular flexibility index (Phi) is 4.11. The third-order valence-corrected chi connectivity index (χ3v) is 5.24. The fraction of sp³-hybridized carbons (Fsp3) is 0.529. The highest BCUT2D eigenvalue weighted by Gasteiger charge is 2.59. The van der Waals surface area contributed by atoms with Gasteiger partial charge in [0.05, 0.1) is 25.7 Å². The Morgan fingerprint density at radius 3 is 2.29 bits per heavy atom. The van der Waals surface area contributed by atoms with Gasteiger partial charge < -0.3 is 19.5 Å². The van der Waals surface area contributed by atoms with Crippen LogP contribution in [0.25, 0.3) is 0 Å². The quantitative estimate of drug-likeness (QED) is 0.911. The molecule has 1 aliphatic heterocycles. The van der Waals surface area contributed by atoms with Crippen LogP contribution in [0.3, 0.4) is 0 Å². The van der Waals surface area contributed by atoms with Crippen molar-refractivity contribution in [2.45, 2.75) is 19.3 Å². The summed E-state index contributed by atoms with van der Waals surface area (Å²) in [6.07, 6.45) is 1.96. The highest BCUT2D eigenvalue weighted by Crippen LogP contribution is 2.59. The van der Waals surface area contributed by atoms with Crippen molar-refractivity contribution in [3.63, 3.8) is 0 Å². The molecule has 0 bridgehead atoms. The van der Waals surface area contributed by atoms with Crippen LogP contribution in [0.1, 0.15) is 29.6 Å². The number of aliphatic carboxylic acids is 1. The van der Waals surface area contributed by atoms with Crippen LogP contribution in [0, 0.1) is 17.2 Å². The lowest BCUT2D eigenvalue weighted by Crippen LogP contribution is -2.40. The summed E-state index contributed by atoms with van der Waals surface area (Å²) in [5.74, 6) is -1.60. The third kappa shape index (κ3) is 2.68. The number of hydrogen-bond acceptors (Lipinski definition) is 4. The summed E-state index contributed by atoms with van der Waals surface area (Å²) in [6.45, 7) is 0.882. The molecule has 6 nitrogen and oxygen atoms in total. The summed E-state index contributed by atoms with van der Waals surface area (Å²) < 4.78 is 24.4. The first kappa shape index (κ1) is 16.5. The Hall–Kier alpha value is -2.31. The van der Waals surface area contributed by atoms with Crippen LogP contribution in [-0.2, 0) is 4.79 Å². The summed E-state index contributed by atoms with van der Waals surface area (Å²) in [5.41, 5.74) is -0.229. The van der Waals surface area contributed by atoms with E-state index in [1.165, 1.54) is 20.3 Å². The molecule has 1 aliphatic carbocycles. The van der Waals surface area contributed by atoms with E-state index in [1.807, 2.05) is 0 Å². The van der Waals surface area contributed by atoms with Gasteiger partial charge in [-0.25, -0.2) is 4.39 Å². The minimum Gasteiger partial charge on any atom is -0.493 e. The van der Waals surface area contributed by atoms with Gasteiger partial charge in [-0.3, -0.25) is 9.59 Å². The molecule has 1 amide bonds. The number of carboxylic acids is 1. The molecule has 1 saturated carbocycles. The minimum absolute atomic E-state index is 0.0609. The number of amides is 1. The first-order valence-corrected chi connectivity index (χ1v) is 7.85. The molecular weight excluding hydrogens is 317 g/mol. The normalized spacial score (nSPS) is 21.5. The van der Waals surface area contributed by atoms with E-state index in [0.29, 0.717) is 38.1 Å². The minimum atomic E-state index is -0.763. The maximum Gasteiger partial charge on any atom is 0.307 e. The summed E-state index contributed by atoms with van der Waals surface area (Å²) >= 11 is 0. The number of carboxylic acid groups (broad SMARTS) is 1. The van der Waals surface area contributed by atoms with Crippen molar-refractivity contribution in [1.29, 1.82) is 0 Å². The predicted molar refractivity (Wildman–Crippen MR) is 82.8 cm³/mol. The standard InChI is InChI=1S/C17H20FNO5/c1-23-13-7-10(12(18)8-14(13)24-2)15(20)19-5-3-17(4-6-19)9-11(17)16(21)22/h7-8,11H,3-6,9H2,1-2H3,(H,21,22). The molecule has 24 heavy (non-hydrogen) atoms. The summed E-state index contributed by atoms with van der Waals surface area (Å²) in [4.78, 5) is 25.3. The van der Waals surface area contributed by atoms with Crippen LogP contribution in [0.2, 0.25) is 0 Å². The van der Waals surface area contributed by atoms with Gasteiger partial charge >= 0.3 is 5.97 Å². The number of carbonyl (C=O) groups excluding carboxylic acids is 1. The number of benzene rings is 1. The van der Waals surface area contributed by atoms with Gasteiger partial charge in [-0.1, -0.05) is 0 Å². The Balaban J connectivity index is 1.73. The van der Waals surface area contributed by atoms with E-state index in [2.05, 4.69) is 0 Å². The topological polar surface area (TPSA) is 76.1 Å². The van der Waals surface area contributed by atoms with E-state index in [9.17, 15) is 14.0 Å². The molecule has 1 heterocycles. The first-order valence-electron chi connectivity index (χ1n) is 7.85. The Bertz CT molecular complexity index is 682. The van der Waals surface area contributed by atoms with Crippen LogP contribution < -0.4 is 9.47 Å². The van der Waals surface area contributed by atoms with Gasteiger partial charge in [0.1, 0.15) is 5.82 Å². The molecule has 0 radical (unpaired) electrons. The molecule has 2 fully saturated rings. The lowest BCUT2D eigenvalue weighted by molar-refractivity contribution is -0.139. The van der Waals surface area contributed by atoms with Gasteiger partial charge in [0, 0.05) is 19.2 Å². The number of likely N-dealkylation sites (tertiary alicyclic amines) is 1. The zero-order chi connectivity index (χ0) is 17.5. The van der Waals surface area contributed by atoms with Gasteiger partial charge in [0.15, 0.2) is 11.5 Å². The Labute approximate surface area is 139 Å². The number of halogens is 1. The average molecular weight is 337 g/mol. The molecule has 1 aromatic rings. The van der Waals surface area contributed by atoms with Crippen molar-refractivity contribution < 1.29 is 28.6 Å². The molecule has 130 valence electrons. The van der Waals surface area contributed by atoms with E-state index in [0.717, 1.165) is 6.07 Å². The van der Waals surface area contributed by atoms with Crippen molar-refractivity contribution in [3.05, 3.63) is 23.5 Å². The zero-order valence-corrected chi connectivity index (χ0v) is 13.7. The van der Waals surface area contributed by atoms with Crippen LogP contribution in [0.4, 0.5) is 4.39 Å². The van der Waals surface area contributed by atoms with Crippen LogP contribution >= 0.6 is 0 Å². The molecule has 1 saturated heterocycles. The van der Waals surface area contributed by atoms with Crippen LogP contribution in [0.15, 0.2) is 12.1 Å². The Morgan fingerprint density at radius 2 is 1.79 bits per heavy atom. The maximum absolute atomic E-state index is 14.2. The van der Waals surface area contributed by atoms with Gasteiger partial charge in [-0.05, 0) is 30.7 Å². The second-order valence-electron chi connectivity index (χ2n) is 6.44. The number of nitrogens with zero attached hydrogens (tertiary/aromatic N) is 1. The molecule has 0 aromatic heterocycles. The molecule has 1 unspecified atom stereocenters. The third-order valence-electron chi connectivity index (χ3n) is 5.24. The number of ether oxygens (including phenoxy) is 2. The molecule has 2 aliphatic rings. The van der Waals surface area contributed by atoms with E-state index in [-0.39, 0.29) is 22.6 Å². The molecule has 1 N–H and O–H groups in total. The average Bonchev–Trinajstić information content (AvgIpc) is 3.28. The first-order chi connectivity index (χ1) is 11.4. The second-order valence-corrected chi connectivity index (χ2v) is 6.44. The summed E-state index contributed by atoms with van der Waals surface area (Å²) in [6, 6.07) is 2.48. The van der Waals surface area contributed by atoms with Crippen molar-refractivity contribution >= 4 is 11.9 Å². The van der Waals surface area contributed by atoms with E-state index in [1.54, 1.807) is 4.90 Å². The maximum atomic E-state index is 14.2. The molecular formula is C17H20FNO5. The molecule has 7 heteroatoms. The molecule has 1 spiro atoms. The molecule has 1 atom stereocenters. The second kappa shape index (κ2) is 5.96. The largest absolute Gasteiger partial charge is 0.493 e. The summed E-state index contributed by atoms with van der Waals surface area (Å²) in [7, 11) is 2.82. The molecule has 3 rings (SSSR count).